The van der Waals surface area contributed by atoms with Gasteiger partial charge in [-0.25, -0.2) is 9.07 Å². The molecule has 8 heteroatoms. The quantitative estimate of drug-likeness (QED) is 0.687. The standard InChI is InChI=1S/C23H25ClFN3O3/c24-20-18(26-11-14-1-3-17(25)4-2-14)12-27-28(21(20)31)23-8-15-5-16(9-23)7-22(6-15,13-23)10-19(29)30/h1-4,12,15-16,26H,5-11,13H2,(H,29,30)/t15-,16+,22?,23?. The molecule has 4 fully saturated rings. The van der Waals surface area contributed by atoms with Crippen LogP contribution in [0.2, 0.25) is 5.02 Å². The molecule has 4 saturated carbocycles. The highest BCUT2D eigenvalue weighted by Crippen LogP contribution is 2.65. The molecule has 0 spiro atoms. The summed E-state index contributed by atoms with van der Waals surface area (Å²) in [6, 6.07) is 6.11. The molecule has 164 valence electrons. The maximum Gasteiger partial charge on any atom is 0.303 e. The van der Waals surface area contributed by atoms with Crippen LogP contribution in [-0.2, 0) is 16.9 Å². The Morgan fingerprint density at radius 1 is 1.23 bits per heavy atom. The number of nitrogens with one attached hydrogen (secondary N) is 1. The lowest BCUT2D eigenvalue weighted by molar-refractivity contribution is -0.151. The molecule has 2 aromatic rings. The van der Waals surface area contributed by atoms with Crippen molar-refractivity contribution in [3.63, 3.8) is 0 Å². The van der Waals surface area contributed by atoms with Crippen LogP contribution in [0.4, 0.5) is 10.1 Å². The van der Waals surface area contributed by atoms with Gasteiger partial charge in [0.2, 0.25) is 0 Å². The fourth-order valence-electron chi connectivity index (χ4n) is 6.87. The van der Waals surface area contributed by atoms with Gasteiger partial charge in [0.1, 0.15) is 10.8 Å². The van der Waals surface area contributed by atoms with Gasteiger partial charge >= 0.3 is 5.97 Å². The number of aliphatic carboxylic acids is 1. The smallest absolute Gasteiger partial charge is 0.303 e. The number of carbonyl (C=O) groups is 1. The third kappa shape index (κ3) is 3.63. The fraction of sp³-hybridized carbons (Fsp3) is 0.522. The van der Waals surface area contributed by atoms with Crippen LogP contribution < -0.4 is 10.9 Å². The first-order valence-corrected chi connectivity index (χ1v) is 11.1. The predicted octanol–water partition coefficient (Wildman–Crippen LogP) is 4.42. The zero-order valence-electron chi connectivity index (χ0n) is 17.1. The van der Waals surface area contributed by atoms with E-state index >= 15 is 0 Å². The van der Waals surface area contributed by atoms with Crippen molar-refractivity contribution in [3.8, 4) is 0 Å². The molecule has 2 unspecified atom stereocenters. The van der Waals surface area contributed by atoms with Crippen LogP contribution in [-0.4, -0.2) is 20.9 Å². The maximum absolute atomic E-state index is 13.3. The molecule has 6 nitrogen and oxygen atoms in total. The highest BCUT2D eigenvalue weighted by molar-refractivity contribution is 6.32. The monoisotopic (exact) mass is 445 g/mol. The zero-order chi connectivity index (χ0) is 21.8. The highest BCUT2D eigenvalue weighted by atomic mass is 35.5. The van der Waals surface area contributed by atoms with Crippen LogP contribution in [0.1, 0.15) is 50.5 Å². The Hall–Kier alpha value is -2.41. The van der Waals surface area contributed by atoms with Gasteiger partial charge in [-0.3, -0.25) is 9.59 Å². The number of hydrogen-bond acceptors (Lipinski definition) is 4. The van der Waals surface area contributed by atoms with Gasteiger partial charge in [0.05, 0.1) is 23.8 Å². The van der Waals surface area contributed by atoms with Gasteiger partial charge in [0.25, 0.3) is 5.56 Å². The van der Waals surface area contributed by atoms with Gasteiger partial charge in [-0.1, -0.05) is 23.7 Å². The van der Waals surface area contributed by atoms with Gasteiger partial charge in [0, 0.05) is 6.54 Å². The molecule has 31 heavy (non-hydrogen) atoms. The van der Waals surface area contributed by atoms with Gasteiger partial charge in [0.15, 0.2) is 0 Å². The molecule has 0 aliphatic heterocycles. The van der Waals surface area contributed by atoms with E-state index in [0.717, 1.165) is 37.7 Å². The van der Waals surface area contributed by atoms with Gasteiger partial charge < -0.3 is 10.4 Å². The molecule has 4 aliphatic carbocycles. The minimum Gasteiger partial charge on any atom is -0.481 e. The lowest BCUT2D eigenvalue weighted by Gasteiger charge is -2.61. The maximum atomic E-state index is 13.3. The van der Waals surface area contributed by atoms with E-state index in [1.165, 1.54) is 12.1 Å². The van der Waals surface area contributed by atoms with Crippen molar-refractivity contribution in [2.24, 2.45) is 17.3 Å². The molecular formula is C23H25ClFN3O3. The molecule has 4 bridgehead atoms. The number of carboxylic acid groups (broad SMARTS) is 1. The van der Waals surface area contributed by atoms with E-state index in [9.17, 15) is 19.1 Å². The number of halogens is 2. The van der Waals surface area contributed by atoms with Crippen molar-refractivity contribution in [1.29, 1.82) is 0 Å². The summed E-state index contributed by atoms with van der Waals surface area (Å²) in [5.41, 5.74) is 0.271. The first-order chi connectivity index (χ1) is 14.8. The summed E-state index contributed by atoms with van der Waals surface area (Å²) in [5.74, 6) is -0.202. The van der Waals surface area contributed by atoms with Crippen LogP contribution in [0.5, 0.6) is 0 Å². The van der Waals surface area contributed by atoms with Crippen molar-refractivity contribution < 1.29 is 14.3 Å². The number of hydrogen-bond donors (Lipinski definition) is 2. The second-order valence-electron chi connectivity index (χ2n) is 9.83. The molecule has 4 aliphatic rings. The summed E-state index contributed by atoms with van der Waals surface area (Å²) < 4.78 is 14.6. The summed E-state index contributed by atoms with van der Waals surface area (Å²) in [4.78, 5) is 24.8. The molecule has 1 heterocycles. The van der Waals surface area contributed by atoms with Crippen molar-refractivity contribution in [2.45, 2.75) is 57.0 Å². The number of carboxylic acids is 1. The van der Waals surface area contributed by atoms with Gasteiger partial charge in [-0.05, 0) is 73.5 Å². The van der Waals surface area contributed by atoms with E-state index in [1.807, 2.05) is 0 Å². The molecule has 6 rings (SSSR count). The van der Waals surface area contributed by atoms with E-state index in [2.05, 4.69) is 10.4 Å². The number of nitrogens with zero attached hydrogens (tertiary/aromatic N) is 2. The fourth-order valence-corrected chi connectivity index (χ4v) is 7.07. The summed E-state index contributed by atoms with van der Waals surface area (Å²) in [7, 11) is 0. The molecule has 2 N–H and O–H groups in total. The van der Waals surface area contributed by atoms with Crippen LogP contribution in [0.25, 0.3) is 0 Å². The Balaban J connectivity index is 1.43. The number of aromatic nitrogens is 2. The lowest BCUT2D eigenvalue weighted by Crippen LogP contribution is -2.59. The molecule has 0 saturated heterocycles. The van der Waals surface area contributed by atoms with E-state index < -0.39 is 11.5 Å². The lowest BCUT2D eigenvalue weighted by atomic mass is 9.46. The average molecular weight is 446 g/mol. The molecule has 1 aromatic heterocycles. The SMILES string of the molecule is O=C(O)CC12C[C@H]3C[C@@H](C1)CC(n1ncc(NCc4ccc(F)cc4)c(Cl)c1=O)(C3)C2. The molecular weight excluding hydrogens is 421 g/mol. The van der Waals surface area contributed by atoms with Crippen LogP contribution in [0, 0.1) is 23.1 Å². The second-order valence-corrected chi connectivity index (χ2v) is 10.2. The summed E-state index contributed by atoms with van der Waals surface area (Å²) in [5, 5.41) is 17.2. The Morgan fingerprint density at radius 2 is 1.90 bits per heavy atom. The normalized spacial score (nSPS) is 31.0. The Kier molecular flexibility index (Phi) is 4.84. The minimum absolute atomic E-state index is 0.0835. The summed E-state index contributed by atoms with van der Waals surface area (Å²) in [6.45, 7) is 0.391. The third-order valence-electron chi connectivity index (χ3n) is 7.44. The van der Waals surface area contributed by atoms with E-state index in [-0.39, 0.29) is 28.2 Å². The van der Waals surface area contributed by atoms with Gasteiger partial charge in [-0.15, -0.1) is 0 Å². The van der Waals surface area contributed by atoms with E-state index in [0.29, 0.717) is 30.5 Å². The largest absolute Gasteiger partial charge is 0.481 e. The summed E-state index contributed by atoms with van der Waals surface area (Å²) in [6.07, 6.45) is 7.09. The van der Waals surface area contributed by atoms with E-state index in [1.54, 1.807) is 23.0 Å². The molecule has 0 amide bonds. The topological polar surface area (TPSA) is 84.2 Å². The Labute approximate surface area is 184 Å². The predicted molar refractivity (Wildman–Crippen MR) is 115 cm³/mol. The van der Waals surface area contributed by atoms with Crippen LogP contribution in [0.15, 0.2) is 35.3 Å². The van der Waals surface area contributed by atoms with Crippen LogP contribution in [0.3, 0.4) is 0 Å². The molecule has 4 atom stereocenters. The van der Waals surface area contributed by atoms with Crippen molar-refractivity contribution >= 4 is 23.3 Å². The van der Waals surface area contributed by atoms with Crippen molar-refractivity contribution in [2.75, 3.05) is 5.32 Å². The van der Waals surface area contributed by atoms with Crippen LogP contribution >= 0.6 is 11.6 Å². The first kappa shape index (κ1) is 20.5. The van der Waals surface area contributed by atoms with E-state index in [4.69, 9.17) is 11.6 Å². The average Bonchev–Trinajstić information content (AvgIpc) is 2.68. The zero-order valence-corrected chi connectivity index (χ0v) is 17.9. The first-order valence-electron chi connectivity index (χ1n) is 10.8. The number of anilines is 1. The Bertz CT molecular complexity index is 1070. The molecule has 1 aromatic carbocycles. The molecule has 0 radical (unpaired) electrons. The highest BCUT2D eigenvalue weighted by Gasteiger charge is 2.59. The van der Waals surface area contributed by atoms with Crippen molar-refractivity contribution in [1.82, 2.24) is 9.78 Å². The van der Waals surface area contributed by atoms with Crippen molar-refractivity contribution in [3.05, 3.63) is 57.2 Å². The third-order valence-corrected chi connectivity index (χ3v) is 7.81. The second kappa shape index (κ2) is 7.33. The minimum atomic E-state index is -0.768. The number of benzene rings is 1. The Morgan fingerprint density at radius 3 is 2.55 bits per heavy atom. The number of rotatable bonds is 6. The van der Waals surface area contributed by atoms with Gasteiger partial charge in [-0.2, -0.15) is 5.10 Å². The summed E-state index contributed by atoms with van der Waals surface area (Å²) >= 11 is 6.46.